The first-order chi connectivity index (χ1) is 12.2. The van der Waals surface area contributed by atoms with Gasteiger partial charge in [0.15, 0.2) is 0 Å². The molecular weight excluding hydrogens is 312 g/mol. The highest BCUT2D eigenvalue weighted by atomic mass is 16.4. The van der Waals surface area contributed by atoms with Crippen molar-refractivity contribution in [2.75, 3.05) is 0 Å². The fourth-order valence-electron chi connectivity index (χ4n) is 3.46. The number of carbonyl (C=O) groups is 1. The number of hydrogen-bond donors (Lipinski definition) is 1. The van der Waals surface area contributed by atoms with Crippen LogP contribution >= 0.6 is 0 Å². The van der Waals surface area contributed by atoms with E-state index in [2.05, 4.69) is 6.92 Å². The van der Waals surface area contributed by atoms with Crippen LogP contribution in [0, 0.1) is 0 Å². The lowest BCUT2D eigenvalue weighted by Crippen LogP contribution is -2.35. The van der Waals surface area contributed by atoms with Gasteiger partial charge in [0.05, 0.1) is 13.6 Å². The third-order valence-corrected chi connectivity index (χ3v) is 5.02. The molecule has 0 aliphatic carbocycles. The summed E-state index contributed by atoms with van der Waals surface area (Å²) in [6, 6.07) is 0. The molecule has 0 saturated carbocycles. The van der Waals surface area contributed by atoms with Gasteiger partial charge in [0, 0.05) is 0 Å². The van der Waals surface area contributed by atoms with Crippen molar-refractivity contribution in [3.8, 4) is 0 Å². The highest BCUT2D eigenvalue weighted by Gasteiger charge is 2.21. The second-order valence-electron chi connectivity index (χ2n) is 7.33. The summed E-state index contributed by atoms with van der Waals surface area (Å²) in [6.07, 6.45) is 22.5. The number of unbranched alkanes of at least 4 members (excludes halogenated alkanes) is 13. The molecule has 4 nitrogen and oxygen atoms in total. The molecule has 1 aromatic rings. The van der Waals surface area contributed by atoms with Crippen molar-refractivity contribution >= 4 is 5.97 Å². The first kappa shape index (κ1) is 21.7. The van der Waals surface area contributed by atoms with E-state index in [0.717, 1.165) is 13.0 Å². The molecule has 0 aliphatic rings. The SMILES string of the molecule is CCCCCCCCCCCCCCCCn1cc[n+](C)c1C(=O)O. The number of aromatic carboxylic acids is 1. The predicted molar refractivity (Wildman–Crippen MR) is 103 cm³/mol. The van der Waals surface area contributed by atoms with Gasteiger partial charge in [-0.25, -0.2) is 13.9 Å². The Morgan fingerprint density at radius 1 is 0.880 bits per heavy atom. The van der Waals surface area contributed by atoms with E-state index in [4.69, 9.17) is 0 Å². The molecule has 4 heteroatoms. The molecule has 0 unspecified atom stereocenters. The first-order valence-electron chi connectivity index (χ1n) is 10.4. The van der Waals surface area contributed by atoms with Gasteiger partial charge in [0.1, 0.15) is 12.4 Å². The summed E-state index contributed by atoms with van der Waals surface area (Å²) in [5.41, 5.74) is 0. The molecule has 1 heterocycles. The van der Waals surface area contributed by atoms with Crippen LogP contribution < -0.4 is 4.57 Å². The fourth-order valence-corrected chi connectivity index (χ4v) is 3.46. The van der Waals surface area contributed by atoms with Crippen molar-refractivity contribution in [2.24, 2.45) is 7.05 Å². The highest BCUT2D eigenvalue weighted by molar-refractivity contribution is 5.81. The molecule has 0 saturated heterocycles. The van der Waals surface area contributed by atoms with Crippen LogP contribution in [-0.4, -0.2) is 15.6 Å². The largest absolute Gasteiger partial charge is 0.472 e. The predicted octanol–water partition coefficient (Wildman–Crippen LogP) is 5.49. The summed E-state index contributed by atoms with van der Waals surface area (Å²) in [4.78, 5) is 11.2. The van der Waals surface area contributed by atoms with Gasteiger partial charge in [-0.3, -0.25) is 0 Å². The Labute approximate surface area is 154 Å². The first-order valence-corrected chi connectivity index (χ1v) is 10.4. The van der Waals surface area contributed by atoms with Gasteiger partial charge in [-0.1, -0.05) is 84.0 Å². The maximum absolute atomic E-state index is 11.2. The zero-order valence-corrected chi connectivity index (χ0v) is 16.5. The zero-order chi connectivity index (χ0) is 18.3. The number of aromatic nitrogens is 2. The Hall–Kier alpha value is -1.32. The molecule has 1 rings (SSSR count). The quantitative estimate of drug-likeness (QED) is 0.316. The van der Waals surface area contributed by atoms with Crippen LogP contribution in [0.5, 0.6) is 0 Å². The van der Waals surface area contributed by atoms with Crippen molar-refractivity contribution in [3.05, 3.63) is 18.2 Å². The van der Waals surface area contributed by atoms with E-state index in [9.17, 15) is 9.90 Å². The minimum atomic E-state index is -0.849. The summed E-state index contributed by atoms with van der Waals surface area (Å²) >= 11 is 0. The Balaban J connectivity index is 1.90. The maximum Gasteiger partial charge on any atom is 0.419 e. The molecule has 0 aliphatic heterocycles. The molecule has 0 radical (unpaired) electrons. The third-order valence-electron chi connectivity index (χ3n) is 5.02. The molecule has 0 fully saturated rings. The smallest absolute Gasteiger partial charge is 0.419 e. The van der Waals surface area contributed by atoms with Crippen LogP contribution in [0.15, 0.2) is 12.4 Å². The minimum Gasteiger partial charge on any atom is -0.472 e. The normalized spacial score (nSPS) is 11.1. The van der Waals surface area contributed by atoms with Gasteiger partial charge in [0.2, 0.25) is 0 Å². The van der Waals surface area contributed by atoms with Crippen molar-refractivity contribution < 1.29 is 14.5 Å². The van der Waals surface area contributed by atoms with E-state index in [0.29, 0.717) is 5.82 Å². The summed E-state index contributed by atoms with van der Waals surface area (Å²) in [5, 5.41) is 9.21. The molecule has 0 aromatic carbocycles. The van der Waals surface area contributed by atoms with Gasteiger partial charge in [-0.2, -0.15) is 0 Å². The number of carboxylic acids is 1. The lowest BCUT2D eigenvalue weighted by Gasteiger charge is -2.03. The second-order valence-corrected chi connectivity index (χ2v) is 7.33. The standard InChI is InChI=1S/C21H38N2O2/c1-3-4-5-6-7-8-9-10-11-12-13-14-15-16-17-23-19-18-22(2)20(23)21(24)25/h18-19H,3-17H2,1-2H3/p+1. The summed E-state index contributed by atoms with van der Waals surface area (Å²) in [6.45, 7) is 3.08. The van der Waals surface area contributed by atoms with E-state index in [1.807, 2.05) is 17.0 Å². The lowest BCUT2D eigenvalue weighted by atomic mass is 10.0. The van der Waals surface area contributed by atoms with Crippen molar-refractivity contribution in [1.29, 1.82) is 0 Å². The van der Waals surface area contributed by atoms with E-state index in [1.54, 1.807) is 11.6 Å². The van der Waals surface area contributed by atoms with Crippen LogP contribution in [0.4, 0.5) is 0 Å². The molecule has 0 bridgehead atoms. The molecule has 144 valence electrons. The van der Waals surface area contributed by atoms with Crippen LogP contribution in [-0.2, 0) is 13.6 Å². The van der Waals surface area contributed by atoms with Gasteiger partial charge < -0.3 is 5.11 Å². The summed E-state index contributed by atoms with van der Waals surface area (Å²) in [7, 11) is 1.78. The number of imidazole rings is 1. The molecule has 0 amide bonds. The molecule has 0 atom stereocenters. The highest BCUT2D eigenvalue weighted by Crippen LogP contribution is 2.13. The molecule has 0 spiro atoms. The monoisotopic (exact) mass is 351 g/mol. The van der Waals surface area contributed by atoms with Crippen molar-refractivity contribution in [3.63, 3.8) is 0 Å². The Morgan fingerprint density at radius 3 is 1.76 bits per heavy atom. The molecule has 25 heavy (non-hydrogen) atoms. The summed E-state index contributed by atoms with van der Waals surface area (Å²) in [5.74, 6) is -0.479. The van der Waals surface area contributed by atoms with E-state index in [-0.39, 0.29) is 0 Å². The zero-order valence-electron chi connectivity index (χ0n) is 16.5. The van der Waals surface area contributed by atoms with E-state index < -0.39 is 5.97 Å². The Kier molecular flexibility index (Phi) is 12.1. The number of hydrogen-bond acceptors (Lipinski definition) is 1. The number of carboxylic acid groups (broad SMARTS) is 1. The Morgan fingerprint density at radius 2 is 1.32 bits per heavy atom. The number of aryl methyl sites for hydroxylation is 2. The fraction of sp³-hybridized carbons (Fsp3) is 0.810. The maximum atomic E-state index is 11.2. The topological polar surface area (TPSA) is 46.1 Å². The van der Waals surface area contributed by atoms with Crippen LogP contribution in [0.3, 0.4) is 0 Å². The average molecular weight is 352 g/mol. The van der Waals surface area contributed by atoms with E-state index >= 15 is 0 Å². The average Bonchev–Trinajstić information content (AvgIpc) is 2.96. The van der Waals surface area contributed by atoms with Gasteiger partial charge >= 0.3 is 11.8 Å². The summed E-state index contributed by atoms with van der Waals surface area (Å²) < 4.78 is 3.52. The third kappa shape index (κ3) is 9.66. The number of rotatable bonds is 16. The van der Waals surface area contributed by atoms with E-state index in [1.165, 1.54) is 83.5 Å². The Bertz CT molecular complexity index is 468. The van der Waals surface area contributed by atoms with Crippen molar-refractivity contribution in [1.82, 2.24) is 4.57 Å². The van der Waals surface area contributed by atoms with Gasteiger partial charge in [0.25, 0.3) is 0 Å². The van der Waals surface area contributed by atoms with Crippen LogP contribution in [0.1, 0.15) is 107 Å². The molecule has 1 N–H and O–H groups in total. The number of nitrogens with zero attached hydrogens (tertiary/aromatic N) is 2. The molecule has 1 aromatic heterocycles. The molecular formula is C21H39N2O2+. The van der Waals surface area contributed by atoms with Gasteiger partial charge in [-0.05, 0) is 12.8 Å². The van der Waals surface area contributed by atoms with Crippen molar-refractivity contribution in [2.45, 2.75) is 103 Å². The van der Waals surface area contributed by atoms with Crippen LogP contribution in [0.25, 0.3) is 0 Å². The lowest BCUT2D eigenvalue weighted by molar-refractivity contribution is -0.673. The second kappa shape index (κ2) is 13.9. The van der Waals surface area contributed by atoms with Crippen LogP contribution in [0.2, 0.25) is 0 Å². The van der Waals surface area contributed by atoms with Gasteiger partial charge in [-0.15, -0.1) is 0 Å². The minimum absolute atomic E-state index is 0.370.